The smallest absolute Gasteiger partial charge is 0.0586 e. The number of aliphatic hydroxyl groups is 2. The van der Waals surface area contributed by atoms with Crippen LogP contribution in [0.1, 0.15) is 25.7 Å². The van der Waals surface area contributed by atoms with E-state index in [-0.39, 0.29) is 35.4 Å². The van der Waals surface area contributed by atoms with Gasteiger partial charge in [-0.2, -0.15) is 0 Å². The lowest BCUT2D eigenvalue weighted by Gasteiger charge is -2.41. The molecule has 1 heterocycles. The Labute approximate surface area is 112 Å². The quantitative estimate of drug-likeness (QED) is 0.670. The lowest BCUT2D eigenvalue weighted by Crippen LogP contribution is -2.47. The zero-order valence-electron chi connectivity index (χ0n) is 9.86. The summed E-state index contributed by atoms with van der Waals surface area (Å²) in [5, 5.41) is 22.5. The van der Waals surface area contributed by atoms with Gasteiger partial charge in [0.05, 0.1) is 23.5 Å². The van der Waals surface area contributed by atoms with Crippen molar-refractivity contribution >= 4 is 23.2 Å². The molecule has 1 saturated carbocycles. The molecule has 100 valence electrons. The summed E-state index contributed by atoms with van der Waals surface area (Å²) in [6, 6.07) is 0.170. The third-order valence-electron chi connectivity index (χ3n) is 4.21. The highest BCUT2D eigenvalue weighted by Crippen LogP contribution is 2.39. The molecule has 0 bridgehead atoms. The molecule has 17 heavy (non-hydrogen) atoms. The predicted octanol–water partition coefficient (Wildman–Crippen LogP) is 1.33. The Kier molecular flexibility index (Phi) is 4.96. The molecule has 1 saturated heterocycles. The van der Waals surface area contributed by atoms with Gasteiger partial charge in [-0.25, -0.2) is 0 Å². The maximum Gasteiger partial charge on any atom is 0.0586 e. The second kappa shape index (κ2) is 6.07. The third kappa shape index (κ3) is 3.27. The predicted molar refractivity (Wildman–Crippen MR) is 69.6 cm³/mol. The molecule has 3 N–H and O–H groups in total. The van der Waals surface area contributed by atoms with Crippen molar-refractivity contribution in [2.45, 2.75) is 48.6 Å². The Morgan fingerprint density at radius 3 is 2.53 bits per heavy atom. The highest BCUT2D eigenvalue weighted by molar-refractivity contribution is 6.30. The molecule has 3 nitrogen and oxygen atoms in total. The molecule has 1 aliphatic heterocycles. The van der Waals surface area contributed by atoms with Crippen LogP contribution in [0.3, 0.4) is 0 Å². The Morgan fingerprint density at radius 1 is 1.12 bits per heavy atom. The summed E-state index contributed by atoms with van der Waals surface area (Å²) >= 11 is 12.3. The first-order valence-electron chi connectivity index (χ1n) is 6.42. The minimum Gasteiger partial charge on any atom is -0.395 e. The van der Waals surface area contributed by atoms with Crippen molar-refractivity contribution in [3.05, 3.63) is 0 Å². The number of hydrogen-bond donors (Lipinski definition) is 3. The first kappa shape index (κ1) is 13.9. The Bertz CT molecular complexity index is 255. The van der Waals surface area contributed by atoms with Crippen LogP contribution >= 0.6 is 23.2 Å². The lowest BCUT2D eigenvalue weighted by molar-refractivity contribution is 0.0215. The van der Waals surface area contributed by atoms with Gasteiger partial charge >= 0.3 is 0 Å². The zero-order valence-corrected chi connectivity index (χ0v) is 11.4. The Morgan fingerprint density at radius 2 is 1.82 bits per heavy atom. The zero-order chi connectivity index (χ0) is 12.4. The van der Waals surface area contributed by atoms with Gasteiger partial charge in [0.15, 0.2) is 0 Å². The minimum absolute atomic E-state index is 0.0347. The summed E-state index contributed by atoms with van der Waals surface area (Å²) in [6.45, 7) is 1.08. The van der Waals surface area contributed by atoms with Crippen LogP contribution in [0, 0.1) is 11.8 Å². The van der Waals surface area contributed by atoms with Gasteiger partial charge in [0.1, 0.15) is 0 Å². The molecule has 2 rings (SSSR count). The van der Waals surface area contributed by atoms with Crippen molar-refractivity contribution in [1.82, 2.24) is 5.32 Å². The van der Waals surface area contributed by atoms with Crippen LogP contribution < -0.4 is 5.32 Å². The fourth-order valence-corrected chi connectivity index (χ4v) is 3.79. The van der Waals surface area contributed by atoms with Gasteiger partial charge in [-0.15, -0.1) is 23.2 Å². The number of halogens is 2. The van der Waals surface area contributed by atoms with E-state index >= 15 is 0 Å². The molecule has 4 unspecified atom stereocenters. The molecule has 5 heteroatoms. The molecule has 0 radical (unpaired) electrons. The van der Waals surface area contributed by atoms with E-state index < -0.39 is 0 Å². The molecular weight excluding hydrogens is 261 g/mol. The molecule has 0 spiro atoms. The topological polar surface area (TPSA) is 52.5 Å². The molecule has 1 aliphatic carbocycles. The summed E-state index contributed by atoms with van der Waals surface area (Å²) in [5.41, 5.74) is 0. The van der Waals surface area contributed by atoms with Gasteiger partial charge in [0, 0.05) is 6.04 Å². The maximum absolute atomic E-state index is 10.1. The van der Waals surface area contributed by atoms with Gasteiger partial charge in [-0.3, -0.25) is 0 Å². The summed E-state index contributed by atoms with van der Waals surface area (Å²) in [4.78, 5) is 0. The monoisotopic (exact) mass is 281 g/mol. The van der Waals surface area contributed by atoms with E-state index in [1.807, 2.05) is 0 Å². The summed E-state index contributed by atoms with van der Waals surface area (Å²) in [5.74, 6) is 0.692. The van der Waals surface area contributed by atoms with Gasteiger partial charge < -0.3 is 15.5 Å². The van der Waals surface area contributed by atoms with E-state index in [0.29, 0.717) is 12.3 Å². The highest BCUT2D eigenvalue weighted by atomic mass is 35.5. The molecule has 6 atom stereocenters. The van der Waals surface area contributed by atoms with E-state index in [1.165, 1.54) is 0 Å². The van der Waals surface area contributed by atoms with Crippen LogP contribution in [0.4, 0.5) is 0 Å². The largest absolute Gasteiger partial charge is 0.395 e. The standard InChI is InChI=1S/C12H21Cl2NO2/c13-10-4-9(12(17)5-11(10)14)7-1-2-15-8(3-7)6-16/h7-12,15-17H,1-6H2/t7-,8+,9?,10?,11?,12?/m0/s1. The lowest BCUT2D eigenvalue weighted by atomic mass is 9.73. The number of piperidine rings is 1. The average Bonchev–Trinajstić information content (AvgIpc) is 2.34. The van der Waals surface area contributed by atoms with Crippen molar-refractivity contribution in [1.29, 1.82) is 0 Å². The van der Waals surface area contributed by atoms with E-state index in [0.717, 1.165) is 25.8 Å². The van der Waals surface area contributed by atoms with Crippen molar-refractivity contribution in [2.24, 2.45) is 11.8 Å². The van der Waals surface area contributed by atoms with Gasteiger partial charge in [0.2, 0.25) is 0 Å². The Balaban J connectivity index is 1.96. The number of rotatable bonds is 2. The second-order valence-corrected chi connectivity index (χ2v) is 6.47. The van der Waals surface area contributed by atoms with E-state index in [4.69, 9.17) is 23.2 Å². The number of nitrogens with one attached hydrogen (secondary N) is 1. The molecule has 0 aromatic rings. The molecule has 2 fully saturated rings. The fraction of sp³-hybridized carbons (Fsp3) is 1.00. The van der Waals surface area contributed by atoms with Crippen molar-refractivity contribution in [3.8, 4) is 0 Å². The first-order valence-corrected chi connectivity index (χ1v) is 7.29. The van der Waals surface area contributed by atoms with Crippen molar-refractivity contribution in [3.63, 3.8) is 0 Å². The van der Waals surface area contributed by atoms with Crippen molar-refractivity contribution < 1.29 is 10.2 Å². The van der Waals surface area contributed by atoms with Gasteiger partial charge in [-0.1, -0.05) is 0 Å². The molecule has 0 aromatic carbocycles. The molecule has 2 aliphatic rings. The van der Waals surface area contributed by atoms with Gasteiger partial charge in [-0.05, 0) is 44.1 Å². The third-order valence-corrected chi connectivity index (χ3v) is 5.31. The van der Waals surface area contributed by atoms with E-state index in [2.05, 4.69) is 5.32 Å². The fourth-order valence-electron chi connectivity index (χ4n) is 3.19. The summed E-state index contributed by atoms with van der Waals surface area (Å²) < 4.78 is 0. The number of aliphatic hydroxyl groups excluding tert-OH is 2. The summed E-state index contributed by atoms with van der Waals surface area (Å²) in [7, 11) is 0. The van der Waals surface area contributed by atoms with Crippen molar-refractivity contribution in [2.75, 3.05) is 13.2 Å². The van der Waals surface area contributed by atoms with E-state index in [1.54, 1.807) is 0 Å². The molecule has 0 amide bonds. The van der Waals surface area contributed by atoms with Crippen LogP contribution in [-0.2, 0) is 0 Å². The van der Waals surface area contributed by atoms with E-state index in [9.17, 15) is 10.2 Å². The van der Waals surface area contributed by atoms with Crippen LogP contribution in [0.25, 0.3) is 0 Å². The second-order valence-electron chi connectivity index (χ2n) is 5.35. The SMILES string of the molecule is OC[C@H]1C[C@@H](C2CC(Cl)C(Cl)CC2O)CCN1. The van der Waals surface area contributed by atoms with Gasteiger partial charge in [0.25, 0.3) is 0 Å². The van der Waals surface area contributed by atoms with Crippen LogP contribution in [0.5, 0.6) is 0 Å². The highest BCUT2D eigenvalue weighted by Gasteiger charge is 2.39. The van der Waals surface area contributed by atoms with Crippen LogP contribution in [-0.4, -0.2) is 46.3 Å². The minimum atomic E-state index is -0.338. The van der Waals surface area contributed by atoms with Crippen LogP contribution in [0.15, 0.2) is 0 Å². The Hall–Kier alpha value is 0.460. The normalized spacial score (nSPS) is 48.0. The number of alkyl halides is 2. The average molecular weight is 282 g/mol. The first-order chi connectivity index (χ1) is 8.11. The maximum atomic E-state index is 10.1. The molecule has 0 aromatic heterocycles. The molecular formula is C12H21Cl2NO2. The number of hydrogen-bond acceptors (Lipinski definition) is 3. The van der Waals surface area contributed by atoms with Crippen LogP contribution in [0.2, 0.25) is 0 Å². The summed E-state index contributed by atoms with van der Waals surface area (Å²) in [6.07, 6.45) is 3.02.